The van der Waals surface area contributed by atoms with E-state index in [1.54, 1.807) is 0 Å². The number of rotatable bonds is 3. The molecule has 1 atom stereocenters. The molecule has 1 heterocycles. The fourth-order valence-electron chi connectivity index (χ4n) is 2.21. The number of carbonyl (C=O) groups is 1. The zero-order valence-electron chi connectivity index (χ0n) is 11.2. The van der Waals surface area contributed by atoms with Gasteiger partial charge in [0.15, 0.2) is 9.84 Å². The number of amides is 1. The van der Waals surface area contributed by atoms with Crippen LogP contribution in [0, 0.1) is 11.6 Å². The first kappa shape index (κ1) is 15.6. The van der Waals surface area contributed by atoms with E-state index in [-0.39, 0.29) is 17.1 Å². The third kappa shape index (κ3) is 4.35. The van der Waals surface area contributed by atoms with Crippen LogP contribution in [0.4, 0.5) is 8.78 Å². The highest BCUT2D eigenvalue weighted by Crippen LogP contribution is 2.14. The molecule has 0 aromatic heterocycles. The molecule has 0 spiro atoms. The summed E-state index contributed by atoms with van der Waals surface area (Å²) in [6.45, 7) is 0. The second-order valence-electron chi connectivity index (χ2n) is 4.93. The number of hydrogen-bond acceptors (Lipinski definition) is 3. The maximum atomic E-state index is 13.4. The maximum absolute atomic E-state index is 13.4. The van der Waals surface area contributed by atoms with Gasteiger partial charge in [-0.15, -0.1) is 0 Å². The van der Waals surface area contributed by atoms with Gasteiger partial charge in [0.25, 0.3) is 0 Å². The van der Waals surface area contributed by atoms with E-state index in [1.807, 2.05) is 0 Å². The minimum absolute atomic E-state index is 0.0966. The van der Waals surface area contributed by atoms with Gasteiger partial charge in [0, 0.05) is 17.7 Å². The SMILES string of the molecule is O=C(/C=C\c1c(F)cccc1F)N[C@@H]1CCCS(=O)(=O)C1. The summed E-state index contributed by atoms with van der Waals surface area (Å²) in [7, 11) is -3.12. The normalized spacial score (nSPS) is 21.3. The molecule has 1 aliphatic heterocycles. The van der Waals surface area contributed by atoms with Crippen LogP contribution in [0.5, 0.6) is 0 Å². The van der Waals surface area contributed by atoms with Crippen LogP contribution in [-0.2, 0) is 14.6 Å². The molecule has 1 aromatic rings. The van der Waals surface area contributed by atoms with Crippen LogP contribution in [0.1, 0.15) is 18.4 Å². The third-order valence-corrected chi connectivity index (χ3v) is 5.03. The van der Waals surface area contributed by atoms with Crippen LogP contribution < -0.4 is 5.32 Å². The molecule has 1 saturated heterocycles. The standard InChI is InChI=1S/C14H15F2NO3S/c15-12-4-1-5-13(16)11(12)6-7-14(18)17-10-3-2-8-21(19,20)9-10/h1,4-7,10H,2-3,8-9H2,(H,17,18)/b7-6-/t10-/m1/s1. The van der Waals surface area contributed by atoms with Crippen LogP contribution in [0.15, 0.2) is 24.3 Å². The van der Waals surface area contributed by atoms with Crippen molar-refractivity contribution in [1.29, 1.82) is 0 Å². The molecule has 0 radical (unpaired) electrons. The molecule has 0 saturated carbocycles. The van der Waals surface area contributed by atoms with Gasteiger partial charge >= 0.3 is 0 Å². The van der Waals surface area contributed by atoms with Crippen LogP contribution in [0.3, 0.4) is 0 Å². The lowest BCUT2D eigenvalue weighted by Gasteiger charge is -2.22. The number of benzene rings is 1. The maximum Gasteiger partial charge on any atom is 0.244 e. The largest absolute Gasteiger partial charge is 0.349 e. The zero-order valence-corrected chi connectivity index (χ0v) is 12.0. The van der Waals surface area contributed by atoms with Crippen LogP contribution in [-0.4, -0.2) is 31.9 Å². The smallest absolute Gasteiger partial charge is 0.244 e. The number of hydrogen-bond donors (Lipinski definition) is 1. The van der Waals surface area contributed by atoms with Gasteiger partial charge in [-0.25, -0.2) is 17.2 Å². The molecule has 7 heteroatoms. The van der Waals surface area contributed by atoms with Crippen molar-refractivity contribution in [3.8, 4) is 0 Å². The van der Waals surface area contributed by atoms with Crippen molar-refractivity contribution in [2.24, 2.45) is 0 Å². The second kappa shape index (κ2) is 6.34. The number of sulfone groups is 1. The molecule has 1 aromatic carbocycles. The summed E-state index contributed by atoms with van der Waals surface area (Å²) < 4.78 is 49.6. The molecule has 1 N–H and O–H groups in total. The Kier molecular flexibility index (Phi) is 4.72. The van der Waals surface area contributed by atoms with Crippen molar-refractivity contribution < 1.29 is 22.0 Å². The van der Waals surface area contributed by atoms with Crippen LogP contribution >= 0.6 is 0 Å². The average molecular weight is 315 g/mol. The Morgan fingerprint density at radius 2 is 1.95 bits per heavy atom. The van der Waals surface area contributed by atoms with Gasteiger partial charge in [-0.3, -0.25) is 4.79 Å². The molecule has 21 heavy (non-hydrogen) atoms. The third-order valence-electron chi connectivity index (χ3n) is 3.21. The van der Waals surface area contributed by atoms with Crippen molar-refractivity contribution in [3.63, 3.8) is 0 Å². The fraction of sp³-hybridized carbons (Fsp3) is 0.357. The van der Waals surface area contributed by atoms with E-state index in [9.17, 15) is 22.0 Å². The van der Waals surface area contributed by atoms with Crippen molar-refractivity contribution in [3.05, 3.63) is 41.5 Å². The van der Waals surface area contributed by atoms with Crippen molar-refractivity contribution in [1.82, 2.24) is 5.32 Å². The van der Waals surface area contributed by atoms with Gasteiger partial charge in [0.05, 0.1) is 11.5 Å². The van der Waals surface area contributed by atoms with Crippen LogP contribution in [0.25, 0.3) is 6.08 Å². The minimum Gasteiger partial charge on any atom is -0.349 e. The number of halogens is 2. The molecular formula is C14H15F2NO3S. The summed E-state index contributed by atoms with van der Waals surface area (Å²) in [5, 5.41) is 2.53. The zero-order chi connectivity index (χ0) is 15.5. The summed E-state index contributed by atoms with van der Waals surface area (Å²) in [5.41, 5.74) is -0.302. The summed E-state index contributed by atoms with van der Waals surface area (Å²) >= 11 is 0. The first-order valence-corrected chi connectivity index (χ1v) is 8.32. The number of carbonyl (C=O) groups excluding carboxylic acids is 1. The Bertz CT molecular complexity index is 651. The molecule has 1 amide bonds. The van der Waals surface area contributed by atoms with Gasteiger partial charge in [-0.1, -0.05) is 6.07 Å². The molecule has 1 aliphatic rings. The van der Waals surface area contributed by atoms with Crippen molar-refractivity contribution in [2.75, 3.05) is 11.5 Å². The lowest BCUT2D eigenvalue weighted by Crippen LogP contribution is -2.42. The predicted molar refractivity (Wildman–Crippen MR) is 75.2 cm³/mol. The Hall–Kier alpha value is -1.76. The summed E-state index contributed by atoms with van der Waals surface area (Å²) in [6, 6.07) is 2.96. The van der Waals surface area contributed by atoms with E-state index in [2.05, 4.69) is 5.32 Å². The molecule has 2 rings (SSSR count). The van der Waals surface area contributed by atoms with E-state index in [0.717, 1.165) is 24.3 Å². The molecular weight excluding hydrogens is 300 g/mol. The Balaban J connectivity index is 2.00. The van der Waals surface area contributed by atoms with Gasteiger partial charge in [-0.2, -0.15) is 0 Å². The van der Waals surface area contributed by atoms with Gasteiger partial charge < -0.3 is 5.32 Å². The molecule has 0 aliphatic carbocycles. The van der Waals surface area contributed by atoms with E-state index >= 15 is 0 Å². The molecule has 114 valence electrons. The Morgan fingerprint density at radius 3 is 2.57 bits per heavy atom. The van der Waals surface area contributed by atoms with E-state index in [0.29, 0.717) is 12.8 Å². The molecule has 0 bridgehead atoms. The first-order chi connectivity index (χ1) is 9.87. The fourth-order valence-corrected chi connectivity index (χ4v) is 3.85. The molecule has 4 nitrogen and oxygen atoms in total. The average Bonchev–Trinajstić information content (AvgIpc) is 2.36. The van der Waals surface area contributed by atoms with Gasteiger partial charge in [0.1, 0.15) is 11.6 Å². The van der Waals surface area contributed by atoms with E-state index in [1.165, 1.54) is 6.07 Å². The quantitative estimate of drug-likeness (QED) is 0.863. The number of nitrogens with one attached hydrogen (secondary N) is 1. The molecule has 1 fully saturated rings. The topological polar surface area (TPSA) is 63.2 Å². The highest BCUT2D eigenvalue weighted by atomic mass is 32.2. The first-order valence-electron chi connectivity index (χ1n) is 6.50. The lowest BCUT2D eigenvalue weighted by atomic mass is 10.1. The van der Waals surface area contributed by atoms with Crippen molar-refractivity contribution >= 4 is 21.8 Å². The lowest BCUT2D eigenvalue weighted by molar-refractivity contribution is -0.117. The van der Waals surface area contributed by atoms with Gasteiger partial charge in [0.2, 0.25) is 5.91 Å². The summed E-state index contributed by atoms with van der Waals surface area (Å²) in [4.78, 5) is 11.7. The summed E-state index contributed by atoms with van der Waals surface area (Å²) in [6.07, 6.45) is 3.12. The Labute approximate surface area is 121 Å². The highest BCUT2D eigenvalue weighted by Gasteiger charge is 2.25. The predicted octanol–water partition coefficient (Wildman–Crippen LogP) is 1.67. The van der Waals surface area contributed by atoms with E-state index in [4.69, 9.17) is 0 Å². The monoisotopic (exact) mass is 315 g/mol. The molecule has 0 unspecified atom stereocenters. The van der Waals surface area contributed by atoms with Crippen LogP contribution in [0.2, 0.25) is 0 Å². The highest BCUT2D eigenvalue weighted by molar-refractivity contribution is 7.91. The second-order valence-corrected chi connectivity index (χ2v) is 7.16. The Morgan fingerprint density at radius 1 is 1.29 bits per heavy atom. The van der Waals surface area contributed by atoms with Gasteiger partial charge in [-0.05, 0) is 31.1 Å². The minimum atomic E-state index is -3.12. The van der Waals surface area contributed by atoms with E-state index < -0.39 is 33.4 Å². The van der Waals surface area contributed by atoms with Crippen molar-refractivity contribution in [2.45, 2.75) is 18.9 Å². The summed E-state index contributed by atoms with van der Waals surface area (Å²) in [5.74, 6) is -2.06.